The first-order valence-corrected chi connectivity index (χ1v) is 8.17. The number of hydrogen-bond donors (Lipinski definition) is 1. The fraction of sp³-hybridized carbons (Fsp3) is 0.882. The maximum atomic E-state index is 8.63. The van der Waals surface area contributed by atoms with Crippen LogP contribution in [0.5, 0.6) is 0 Å². The summed E-state index contributed by atoms with van der Waals surface area (Å²) in [6.45, 7) is 2.61. The molecule has 0 aromatic carbocycles. The lowest BCUT2D eigenvalue weighted by atomic mass is 10.1. The number of hydrogen-bond acceptors (Lipinski definition) is 1. The second-order valence-electron chi connectivity index (χ2n) is 5.31. The lowest BCUT2D eigenvalue weighted by Crippen LogP contribution is -1.81. The zero-order valence-electron chi connectivity index (χ0n) is 12.5. The minimum Gasteiger partial charge on any atom is -0.396 e. The van der Waals surface area contributed by atoms with Crippen molar-refractivity contribution >= 4 is 0 Å². The quantitative estimate of drug-likeness (QED) is 0.315. The van der Waals surface area contributed by atoms with Gasteiger partial charge in [0.2, 0.25) is 0 Å². The smallest absolute Gasteiger partial charge is 0.0431 e. The Labute approximate surface area is 115 Å². The van der Waals surface area contributed by atoms with E-state index in [1.165, 1.54) is 64.2 Å². The van der Waals surface area contributed by atoms with Gasteiger partial charge in [0.15, 0.2) is 0 Å². The van der Waals surface area contributed by atoms with Crippen LogP contribution in [-0.4, -0.2) is 11.7 Å². The number of rotatable bonds is 14. The Morgan fingerprint density at radius 2 is 1.06 bits per heavy atom. The molecule has 0 saturated carbocycles. The Balaban J connectivity index is 2.98. The summed E-state index contributed by atoms with van der Waals surface area (Å²) < 4.78 is 0. The minimum absolute atomic E-state index is 0.339. The molecule has 18 heavy (non-hydrogen) atoms. The second-order valence-corrected chi connectivity index (χ2v) is 5.31. The van der Waals surface area contributed by atoms with Crippen molar-refractivity contribution in [1.29, 1.82) is 0 Å². The Morgan fingerprint density at radius 1 is 0.611 bits per heavy atom. The van der Waals surface area contributed by atoms with Crippen LogP contribution >= 0.6 is 0 Å². The average Bonchev–Trinajstić information content (AvgIpc) is 2.39. The largest absolute Gasteiger partial charge is 0.396 e. The zero-order valence-corrected chi connectivity index (χ0v) is 12.5. The monoisotopic (exact) mass is 254 g/mol. The van der Waals surface area contributed by atoms with Gasteiger partial charge in [-0.05, 0) is 32.1 Å². The van der Waals surface area contributed by atoms with E-state index in [9.17, 15) is 0 Å². The summed E-state index contributed by atoms with van der Waals surface area (Å²) in [7, 11) is 0. The molecule has 0 spiro atoms. The van der Waals surface area contributed by atoms with Crippen LogP contribution in [0.15, 0.2) is 12.2 Å². The topological polar surface area (TPSA) is 20.2 Å². The molecule has 0 aliphatic rings. The molecule has 0 aromatic rings. The molecule has 0 rings (SSSR count). The third-order valence-electron chi connectivity index (χ3n) is 3.42. The zero-order chi connectivity index (χ0) is 13.3. The molecule has 1 heteroatoms. The fourth-order valence-corrected chi connectivity index (χ4v) is 2.18. The number of aliphatic hydroxyl groups is 1. The van der Waals surface area contributed by atoms with E-state index >= 15 is 0 Å². The number of unbranched alkanes of at least 4 members (excludes halogenated alkanes) is 11. The van der Waals surface area contributed by atoms with Gasteiger partial charge in [-0.25, -0.2) is 0 Å². The van der Waals surface area contributed by atoms with E-state index in [1.54, 1.807) is 0 Å². The molecule has 0 atom stereocenters. The highest BCUT2D eigenvalue weighted by Gasteiger charge is 1.91. The van der Waals surface area contributed by atoms with Crippen molar-refractivity contribution in [2.75, 3.05) is 6.61 Å². The number of allylic oxidation sites excluding steroid dienone is 2. The first kappa shape index (κ1) is 17.7. The molecular weight excluding hydrogens is 220 g/mol. The molecule has 0 aliphatic heterocycles. The van der Waals surface area contributed by atoms with Gasteiger partial charge >= 0.3 is 0 Å². The molecule has 1 N–H and O–H groups in total. The summed E-state index contributed by atoms with van der Waals surface area (Å²) in [5.74, 6) is 0. The molecule has 0 aliphatic carbocycles. The summed E-state index contributed by atoms with van der Waals surface area (Å²) >= 11 is 0. The van der Waals surface area contributed by atoms with Crippen molar-refractivity contribution in [2.24, 2.45) is 0 Å². The maximum absolute atomic E-state index is 8.63. The van der Waals surface area contributed by atoms with Crippen molar-refractivity contribution < 1.29 is 5.11 Å². The average molecular weight is 254 g/mol. The first-order valence-electron chi connectivity index (χ1n) is 8.17. The highest BCUT2D eigenvalue weighted by Crippen LogP contribution is 2.10. The van der Waals surface area contributed by atoms with Gasteiger partial charge in [-0.15, -0.1) is 0 Å². The van der Waals surface area contributed by atoms with Gasteiger partial charge in [-0.2, -0.15) is 0 Å². The summed E-state index contributed by atoms with van der Waals surface area (Å²) in [5, 5.41) is 8.63. The SMILES string of the molecule is CCCCCCCCCCC/C=C\CCCCO. The fourth-order valence-electron chi connectivity index (χ4n) is 2.18. The van der Waals surface area contributed by atoms with Crippen molar-refractivity contribution in [3.05, 3.63) is 12.2 Å². The van der Waals surface area contributed by atoms with Crippen LogP contribution in [0.3, 0.4) is 0 Å². The normalized spacial score (nSPS) is 11.4. The van der Waals surface area contributed by atoms with E-state index in [0.29, 0.717) is 6.61 Å². The van der Waals surface area contributed by atoms with Gasteiger partial charge in [-0.3, -0.25) is 0 Å². The Kier molecular flexibility index (Phi) is 16.4. The van der Waals surface area contributed by atoms with E-state index in [-0.39, 0.29) is 0 Å². The molecule has 0 aromatic heterocycles. The predicted octanol–water partition coefficient (Wildman–Crippen LogP) is 5.63. The maximum Gasteiger partial charge on any atom is 0.0431 e. The highest BCUT2D eigenvalue weighted by molar-refractivity contribution is 4.81. The van der Waals surface area contributed by atoms with Crippen LogP contribution in [0, 0.1) is 0 Å². The first-order chi connectivity index (χ1) is 8.91. The van der Waals surface area contributed by atoms with Crippen LogP contribution in [0.4, 0.5) is 0 Å². The van der Waals surface area contributed by atoms with Gasteiger partial charge in [-0.1, -0.05) is 70.4 Å². The second kappa shape index (κ2) is 16.7. The third kappa shape index (κ3) is 15.7. The molecule has 0 heterocycles. The van der Waals surface area contributed by atoms with Crippen molar-refractivity contribution in [3.8, 4) is 0 Å². The van der Waals surface area contributed by atoms with E-state index in [0.717, 1.165) is 19.3 Å². The van der Waals surface area contributed by atoms with E-state index < -0.39 is 0 Å². The summed E-state index contributed by atoms with van der Waals surface area (Å²) in [6.07, 6.45) is 21.8. The van der Waals surface area contributed by atoms with Crippen LogP contribution in [0.2, 0.25) is 0 Å². The molecule has 1 nitrogen and oxygen atoms in total. The van der Waals surface area contributed by atoms with Crippen LogP contribution in [0.25, 0.3) is 0 Å². The van der Waals surface area contributed by atoms with Gasteiger partial charge in [0, 0.05) is 6.61 Å². The van der Waals surface area contributed by atoms with Gasteiger partial charge < -0.3 is 5.11 Å². The molecule has 0 amide bonds. The van der Waals surface area contributed by atoms with Gasteiger partial charge in [0.25, 0.3) is 0 Å². The van der Waals surface area contributed by atoms with E-state index in [1.807, 2.05) is 0 Å². The molecule has 0 saturated heterocycles. The van der Waals surface area contributed by atoms with Crippen molar-refractivity contribution in [2.45, 2.75) is 90.4 Å². The molecule has 0 bridgehead atoms. The van der Waals surface area contributed by atoms with E-state index in [4.69, 9.17) is 5.11 Å². The highest BCUT2D eigenvalue weighted by atomic mass is 16.2. The summed E-state index contributed by atoms with van der Waals surface area (Å²) in [6, 6.07) is 0. The summed E-state index contributed by atoms with van der Waals surface area (Å²) in [4.78, 5) is 0. The van der Waals surface area contributed by atoms with Crippen LogP contribution in [-0.2, 0) is 0 Å². The van der Waals surface area contributed by atoms with Crippen molar-refractivity contribution in [3.63, 3.8) is 0 Å². The molecule has 0 radical (unpaired) electrons. The lowest BCUT2D eigenvalue weighted by molar-refractivity contribution is 0.285. The standard InChI is InChI=1S/C17H34O/c1-2-3-4-5-6-7-8-9-10-11-12-13-14-15-16-17-18/h12-13,18H,2-11,14-17H2,1H3/b13-12-. The minimum atomic E-state index is 0.339. The lowest BCUT2D eigenvalue weighted by Gasteiger charge is -2.00. The number of aliphatic hydroxyl groups excluding tert-OH is 1. The van der Waals surface area contributed by atoms with E-state index in [2.05, 4.69) is 19.1 Å². The molecular formula is C17H34O. The molecule has 0 fully saturated rings. The summed E-state index contributed by atoms with van der Waals surface area (Å²) in [5.41, 5.74) is 0. The Hall–Kier alpha value is -0.300. The molecule has 0 unspecified atom stereocenters. The third-order valence-corrected chi connectivity index (χ3v) is 3.42. The van der Waals surface area contributed by atoms with Gasteiger partial charge in [0.1, 0.15) is 0 Å². The van der Waals surface area contributed by atoms with Crippen LogP contribution in [0.1, 0.15) is 90.4 Å². The molecule has 108 valence electrons. The van der Waals surface area contributed by atoms with Crippen LogP contribution < -0.4 is 0 Å². The predicted molar refractivity (Wildman–Crippen MR) is 81.9 cm³/mol. The Morgan fingerprint density at radius 3 is 1.56 bits per heavy atom. The van der Waals surface area contributed by atoms with Gasteiger partial charge in [0.05, 0.1) is 0 Å². The Bertz CT molecular complexity index is 163. The van der Waals surface area contributed by atoms with Crippen molar-refractivity contribution in [1.82, 2.24) is 0 Å².